The maximum atomic E-state index is 13.2. The van der Waals surface area contributed by atoms with Gasteiger partial charge < -0.3 is 14.3 Å². The summed E-state index contributed by atoms with van der Waals surface area (Å²) in [6.45, 7) is 3.56. The second kappa shape index (κ2) is 8.78. The third-order valence-corrected chi connectivity index (χ3v) is 6.28. The summed E-state index contributed by atoms with van der Waals surface area (Å²) in [7, 11) is 1.37. The first kappa shape index (κ1) is 23.2. The first-order valence-electron chi connectivity index (χ1n) is 9.81. The lowest BCUT2D eigenvalue weighted by Gasteiger charge is -2.24. The molecule has 2 aromatic carbocycles. The van der Waals surface area contributed by atoms with Crippen LogP contribution in [-0.2, 0) is 9.59 Å². The standard InChI is InChI=1S/C24H18Cl3NO5/c1-11-4-6-14(10-16(11)26)28-20(18-7-5-12(2)33-18)19(22(30)24(28)31)21(29)15-8-13(25)9-17(27)23(15)32-3/h4-10,20,29H,1-3H3/b21-19+. The van der Waals surface area contributed by atoms with Crippen LogP contribution in [0.3, 0.4) is 0 Å². The van der Waals surface area contributed by atoms with E-state index in [0.717, 1.165) is 5.56 Å². The number of furan rings is 1. The highest BCUT2D eigenvalue weighted by atomic mass is 35.5. The third-order valence-electron chi connectivity index (χ3n) is 5.38. The van der Waals surface area contributed by atoms with E-state index in [9.17, 15) is 14.7 Å². The van der Waals surface area contributed by atoms with Crippen LogP contribution in [0.15, 0.2) is 52.5 Å². The number of ketones is 1. The van der Waals surface area contributed by atoms with Gasteiger partial charge in [0.1, 0.15) is 29.1 Å². The number of carbonyl (C=O) groups is 2. The van der Waals surface area contributed by atoms with E-state index in [4.69, 9.17) is 44.0 Å². The molecule has 3 aromatic rings. The van der Waals surface area contributed by atoms with Crippen molar-refractivity contribution in [3.05, 3.63) is 85.8 Å². The van der Waals surface area contributed by atoms with Crippen LogP contribution < -0.4 is 9.64 Å². The largest absolute Gasteiger partial charge is 0.507 e. The second-order valence-electron chi connectivity index (χ2n) is 7.52. The molecular weight excluding hydrogens is 489 g/mol. The van der Waals surface area contributed by atoms with Crippen LogP contribution in [0.5, 0.6) is 5.75 Å². The fourth-order valence-corrected chi connectivity index (χ4v) is 4.53. The Balaban J connectivity index is 2.00. The van der Waals surface area contributed by atoms with E-state index in [0.29, 0.717) is 16.5 Å². The van der Waals surface area contributed by atoms with Crippen molar-refractivity contribution in [2.75, 3.05) is 12.0 Å². The molecule has 1 unspecified atom stereocenters. The molecule has 4 rings (SSSR count). The number of benzene rings is 2. The number of hydrogen-bond acceptors (Lipinski definition) is 5. The lowest BCUT2D eigenvalue weighted by Crippen LogP contribution is -2.29. The van der Waals surface area contributed by atoms with E-state index in [1.807, 2.05) is 6.92 Å². The van der Waals surface area contributed by atoms with Crippen molar-refractivity contribution in [1.82, 2.24) is 0 Å². The molecule has 1 fully saturated rings. The molecule has 170 valence electrons. The van der Waals surface area contributed by atoms with E-state index < -0.39 is 23.5 Å². The number of amides is 1. The highest BCUT2D eigenvalue weighted by Gasteiger charge is 2.48. The molecule has 6 nitrogen and oxygen atoms in total. The molecule has 0 bridgehead atoms. The predicted molar refractivity (Wildman–Crippen MR) is 127 cm³/mol. The minimum Gasteiger partial charge on any atom is -0.507 e. The number of Topliss-reactive ketones (excluding diaryl/α,β-unsaturated/α-hetero) is 1. The number of methoxy groups -OCH3 is 1. The predicted octanol–water partition coefficient (Wildman–Crippen LogP) is 6.49. The zero-order valence-corrected chi connectivity index (χ0v) is 20.0. The molecule has 1 saturated heterocycles. The van der Waals surface area contributed by atoms with Gasteiger partial charge in [-0.25, -0.2) is 0 Å². The molecule has 0 spiro atoms. The first-order chi connectivity index (χ1) is 15.6. The van der Waals surface area contributed by atoms with Crippen molar-refractivity contribution in [2.24, 2.45) is 0 Å². The number of hydrogen-bond donors (Lipinski definition) is 1. The normalized spacial score (nSPS) is 17.6. The smallest absolute Gasteiger partial charge is 0.300 e. The zero-order valence-electron chi connectivity index (χ0n) is 17.8. The van der Waals surface area contributed by atoms with Crippen LogP contribution in [0.4, 0.5) is 5.69 Å². The summed E-state index contributed by atoms with van der Waals surface area (Å²) in [5, 5.41) is 12.1. The molecule has 0 aliphatic carbocycles. The third kappa shape index (κ3) is 3.99. The highest BCUT2D eigenvalue weighted by Crippen LogP contribution is 2.45. The van der Waals surface area contributed by atoms with Crippen molar-refractivity contribution in [2.45, 2.75) is 19.9 Å². The van der Waals surface area contributed by atoms with E-state index in [1.165, 1.54) is 24.1 Å². The molecule has 33 heavy (non-hydrogen) atoms. The van der Waals surface area contributed by atoms with E-state index >= 15 is 0 Å². The van der Waals surface area contributed by atoms with Crippen molar-refractivity contribution in [1.29, 1.82) is 0 Å². The van der Waals surface area contributed by atoms with Gasteiger partial charge in [-0.1, -0.05) is 40.9 Å². The summed E-state index contributed by atoms with van der Waals surface area (Å²) < 4.78 is 11.1. The molecule has 1 atom stereocenters. The number of anilines is 1. The van der Waals surface area contributed by atoms with Gasteiger partial charge in [0.05, 0.1) is 23.3 Å². The molecule has 9 heteroatoms. The molecule has 1 amide bonds. The van der Waals surface area contributed by atoms with Gasteiger partial charge in [-0.05, 0) is 55.8 Å². The Morgan fingerprint density at radius 3 is 2.36 bits per heavy atom. The van der Waals surface area contributed by atoms with Crippen molar-refractivity contribution >= 4 is 57.9 Å². The van der Waals surface area contributed by atoms with Crippen LogP contribution in [0.2, 0.25) is 15.1 Å². The van der Waals surface area contributed by atoms with Crippen molar-refractivity contribution in [3.63, 3.8) is 0 Å². The molecular formula is C24H18Cl3NO5. The Hall–Kier alpha value is -2.93. The second-order valence-corrected chi connectivity index (χ2v) is 8.77. The molecule has 2 heterocycles. The lowest BCUT2D eigenvalue weighted by molar-refractivity contribution is -0.132. The van der Waals surface area contributed by atoms with Gasteiger partial charge in [0.2, 0.25) is 0 Å². The minimum atomic E-state index is -1.06. The summed E-state index contributed by atoms with van der Waals surface area (Å²) in [5.74, 6) is -1.27. The topological polar surface area (TPSA) is 80.0 Å². The molecule has 1 N–H and O–H groups in total. The van der Waals surface area contributed by atoms with Gasteiger partial charge in [-0.3, -0.25) is 14.5 Å². The average Bonchev–Trinajstić information content (AvgIpc) is 3.30. The molecule has 1 aliphatic heterocycles. The van der Waals surface area contributed by atoms with Gasteiger partial charge in [0.25, 0.3) is 11.7 Å². The van der Waals surface area contributed by atoms with Crippen molar-refractivity contribution in [3.8, 4) is 5.75 Å². The lowest BCUT2D eigenvalue weighted by atomic mass is 9.98. The van der Waals surface area contributed by atoms with Gasteiger partial charge in [0, 0.05) is 15.7 Å². The number of aliphatic hydroxyl groups excluding tert-OH is 1. The fourth-order valence-electron chi connectivity index (χ4n) is 3.79. The zero-order chi connectivity index (χ0) is 24.0. The van der Waals surface area contributed by atoms with Gasteiger partial charge in [-0.2, -0.15) is 0 Å². The Bertz CT molecular complexity index is 1330. The van der Waals surface area contributed by atoms with Crippen molar-refractivity contribution < 1.29 is 23.8 Å². The number of nitrogens with zero attached hydrogens (tertiary/aromatic N) is 1. The Labute approximate surface area is 204 Å². The summed E-state index contributed by atoms with van der Waals surface area (Å²) in [6, 6.07) is 10.1. The summed E-state index contributed by atoms with van der Waals surface area (Å²) >= 11 is 18.7. The summed E-state index contributed by atoms with van der Waals surface area (Å²) in [4.78, 5) is 27.7. The SMILES string of the molecule is COc1c(Cl)cc(Cl)cc1/C(O)=C1\C(=O)C(=O)N(c2ccc(C)c(Cl)c2)C1c1ccc(C)o1. The van der Waals surface area contributed by atoms with E-state index in [-0.39, 0.29) is 32.7 Å². The van der Waals surface area contributed by atoms with Crippen LogP contribution >= 0.6 is 34.8 Å². The maximum Gasteiger partial charge on any atom is 0.300 e. The minimum absolute atomic E-state index is 0.0724. The average molecular weight is 507 g/mol. The van der Waals surface area contributed by atoms with Gasteiger partial charge in [-0.15, -0.1) is 0 Å². The number of ether oxygens (including phenoxy) is 1. The van der Waals surface area contributed by atoms with Crippen LogP contribution in [-0.4, -0.2) is 23.9 Å². The maximum absolute atomic E-state index is 13.2. The van der Waals surface area contributed by atoms with Crippen LogP contribution in [0, 0.1) is 13.8 Å². The summed E-state index contributed by atoms with van der Waals surface area (Å²) in [5.41, 5.74) is 1.06. The molecule has 0 saturated carbocycles. The van der Waals surface area contributed by atoms with Crippen LogP contribution in [0.1, 0.15) is 28.7 Å². The quantitative estimate of drug-likeness (QED) is 0.248. The number of rotatable bonds is 4. The van der Waals surface area contributed by atoms with E-state index in [2.05, 4.69) is 0 Å². The van der Waals surface area contributed by atoms with Crippen LogP contribution in [0.25, 0.3) is 5.76 Å². The fraction of sp³-hybridized carbons (Fsp3) is 0.167. The van der Waals surface area contributed by atoms with E-state index in [1.54, 1.807) is 37.3 Å². The molecule has 1 aliphatic rings. The Kier molecular flexibility index (Phi) is 6.18. The number of aryl methyl sites for hydroxylation is 2. The number of halogens is 3. The van der Waals surface area contributed by atoms with Gasteiger partial charge in [0.15, 0.2) is 0 Å². The monoisotopic (exact) mass is 505 g/mol. The number of carbonyl (C=O) groups excluding carboxylic acids is 2. The first-order valence-corrected chi connectivity index (χ1v) is 10.9. The number of aliphatic hydroxyl groups is 1. The highest BCUT2D eigenvalue weighted by molar-refractivity contribution is 6.52. The molecule has 1 aromatic heterocycles. The Morgan fingerprint density at radius 1 is 1.03 bits per heavy atom. The molecule has 0 radical (unpaired) electrons. The Morgan fingerprint density at radius 2 is 1.76 bits per heavy atom. The summed E-state index contributed by atoms with van der Waals surface area (Å²) in [6.07, 6.45) is 0. The van der Waals surface area contributed by atoms with Gasteiger partial charge >= 0.3 is 0 Å².